The first-order valence-corrected chi connectivity index (χ1v) is 9.27. The van der Waals surface area contributed by atoms with Crippen molar-refractivity contribution < 1.29 is 5.11 Å². The van der Waals surface area contributed by atoms with Crippen LogP contribution in [0.1, 0.15) is 5.56 Å². The van der Waals surface area contributed by atoms with Gasteiger partial charge in [-0.2, -0.15) is 0 Å². The maximum absolute atomic E-state index is 8.95. The zero-order valence-corrected chi connectivity index (χ0v) is 11.7. The number of hydrogen-bond acceptors (Lipinski definition) is 2. The molecule has 0 bridgehead atoms. The third kappa shape index (κ3) is 5.48. The second-order valence-corrected chi connectivity index (χ2v) is 9.63. The Labute approximate surface area is 104 Å². The topological polar surface area (TPSA) is 32.6 Å². The number of nitrogens with zero attached hydrogens (tertiary/aromatic N) is 1. The number of aliphatic imine (C=N–C) groups is 1. The highest BCUT2D eigenvalue weighted by Gasteiger charge is 2.06. The molecule has 0 atom stereocenters. The Morgan fingerprint density at radius 1 is 1.29 bits per heavy atom. The molecule has 1 rings (SSSR count). The predicted molar refractivity (Wildman–Crippen MR) is 76.5 cm³/mol. The Morgan fingerprint density at radius 2 is 2.00 bits per heavy atom. The fourth-order valence-electron chi connectivity index (χ4n) is 1.32. The first kappa shape index (κ1) is 13.7. The van der Waals surface area contributed by atoms with Gasteiger partial charge in [0.1, 0.15) is 8.07 Å². The Morgan fingerprint density at radius 3 is 2.65 bits per heavy atom. The molecule has 0 unspecified atom stereocenters. The zero-order chi connectivity index (χ0) is 12.7. The van der Waals surface area contributed by atoms with Gasteiger partial charge in [-0.25, -0.2) is 4.99 Å². The standard InChI is InChI=1S/C14H19NOSi/c1-17(2,3)12-6-10-15-14-8-5-4-7-13(14)9-11-16/h4-5,7-8,10,16H,9,11H2,1-3H3/b15-10+. The number of hydrogen-bond donors (Lipinski definition) is 1. The van der Waals surface area contributed by atoms with E-state index in [2.05, 4.69) is 36.1 Å². The molecule has 0 saturated heterocycles. The van der Waals surface area contributed by atoms with Crippen LogP contribution in [0.25, 0.3) is 0 Å². The first-order chi connectivity index (χ1) is 8.03. The number of aliphatic hydroxyl groups excluding tert-OH is 1. The summed E-state index contributed by atoms with van der Waals surface area (Å²) in [5.41, 5.74) is 5.19. The molecule has 1 aromatic carbocycles. The Bertz CT molecular complexity index is 449. The minimum Gasteiger partial charge on any atom is -0.396 e. The van der Waals surface area contributed by atoms with Gasteiger partial charge in [0.05, 0.1) is 11.9 Å². The van der Waals surface area contributed by atoms with Crippen molar-refractivity contribution >= 4 is 20.0 Å². The van der Waals surface area contributed by atoms with Crippen LogP contribution in [0.2, 0.25) is 19.6 Å². The molecule has 17 heavy (non-hydrogen) atoms. The van der Waals surface area contributed by atoms with Gasteiger partial charge < -0.3 is 5.11 Å². The highest BCUT2D eigenvalue weighted by atomic mass is 28.3. The summed E-state index contributed by atoms with van der Waals surface area (Å²) < 4.78 is 0. The summed E-state index contributed by atoms with van der Waals surface area (Å²) in [5, 5.41) is 8.95. The number of aliphatic hydroxyl groups is 1. The third-order valence-corrected chi connectivity index (χ3v) is 2.98. The van der Waals surface area contributed by atoms with Crippen LogP contribution in [0.3, 0.4) is 0 Å². The molecule has 0 heterocycles. The molecule has 0 aromatic heterocycles. The van der Waals surface area contributed by atoms with Crippen LogP contribution in [0.5, 0.6) is 0 Å². The Kier molecular flexibility index (Phi) is 5.14. The van der Waals surface area contributed by atoms with E-state index in [0.29, 0.717) is 6.42 Å². The monoisotopic (exact) mass is 245 g/mol. The molecule has 0 aliphatic rings. The summed E-state index contributed by atoms with van der Waals surface area (Å²) in [6.45, 7) is 6.75. The van der Waals surface area contributed by atoms with Crippen molar-refractivity contribution in [3.63, 3.8) is 0 Å². The first-order valence-electron chi connectivity index (χ1n) is 5.77. The van der Waals surface area contributed by atoms with Gasteiger partial charge >= 0.3 is 0 Å². The smallest absolute Gasteiger partial charge is 0.129 e. The average molecular weight is 245 g/mol. The van der Waals surface area contributed by atoms with E-state index >= 15 is 0 Å². The summed E-state index contributed by atoms with van der Waals surface area (Å²) in [7, 11) is -1.32. The van der Waals surface area contributed by atoms with Gasteiger partial charge in [-0.15, -0.1) is 5.54 Å². The number of benzene rings is 1. The van der Waals surface area contributed by atoms with E-state index in [1.165, 1.54) is 0 Å². The van der Waals surface area contributed by atoms with Crippen LogP contribution in [0, 0.1) is 11.5 Å². The van der Waals surface area contributed by atoms with E-state index < -0.39 is 8.07 Å². The minimum atomic E-state index is -1.32. The summed E-state index contributed by atoms with van der Waals surface area (Å²) in [6.07, 6.45) is 2.30. The van der Waals surface area contributed by atoms with E-state index in [1.54, 1.807) is 6.21 Å². The summed E-state index contributed by atoms with van der Waals surface area (Å²) in [6, 6.07) is 7.82. The number of para-hydroxylation sites is 1. The van der Waals surface area contributed by atoms with E-state index in [-0.39, 0.29) is 6.61 Å². The summed E-state index contributed by atoms with van der Waals surface area (Å²) in [4.78, 5) is 4.34. The van der Waals surface area contributed by atoms with Gasteiger partial charge in [-0.05, 0) is 18.1 Å². The third-order valence-electron chi connectivity index (χ3n) is 2.09. The molecular formula is C14H19NOSi. The van der Waals surface area contributed by atoms with Crippen LogP contribution in [-0.2, 0) is 6.42 Å². The molecule has 0 aliphatic heterocycles. The van der Waals surface area contributed by atoms with E-state index in [4.69, 9.17) is 5.11 Å². The van der Waals surface area contributed by atoms with Crippen LogP contribution in [0.4, 0.5) is 5.69 Å². The molecule has 1 N–H and O–H groups in total. The van der Waals surface area contributed by atoms with Crippen LogP contribution < -0.4 is 0 Å². The van der Waals surface area contributed by atoms with Gasteiger partial charge in [-0.1, -0.05) is 43.8 Å². The Hall–Kier alpha value is -1.37. The van der Waals surface area contributed by atoms with Gasteiger partial charge in [0.25, 0.3) is 0 Å². The largest absolute Gasteiger partial charge is 0.396 e. The lowest BCUT2D eigenvalue weighted by Crippen LogP contribution is -2.16. The van der Waals surface area contributed by atoms with Gasteiger partial charge in [-0.3, -0.25) is 0 Å². The van der Waals surface area contributed by atoms with Gasteiger partial charge in [0.2, 0.25) is 0 Å². The highest BCUT2D eigenvalue weighted by Crippen LogP contribution is 2.18. The van der Waals surface area contributed by atoms with E-state index in [0.717, 1.165) is 11.3 Å². The quantitative estimate of drug-likeness (QED) is 0.496. The van der Waals surface area contributed by atoms with Crippen molar-refractivity contribution in [1.82, 2.24) is 0 Å². The van der Waals surface area contributed by atoms with Crippen molar-refractivity contribution in [2.24, 2.45) is 4.99 Å². The van der Waals surface area contributed by atoms with Crippen molar-refractivity contribution in [2.75, 3.05) is 6.61 Å². The predicted octanol–water partition coefficient (Wildman–Crippen LogP) is 2.80. The molecule has 3 heteroatoms. The summed E-state index contributed by atoms with van der Waals surface area (Å²) >= 11 is 0. The van der Waals surface area contributed by atoms with Gasteiger partial charge in [0.15, 0.2) is 0 Å². The molecule has 0 spiro atoms. The molecule has 90 valence electrons. The van der Waals surface area contributed by atoms with Crippen LogP contribution in [0.15, 0.2) is 29.3 Å². The molecule has 1 aromatic rings. The normalized spacial score (nSPS) is 11.3. The van der Waals surface area contributed by atoms with Crippen molar-refractivity contribution in [3.8, 4) is 11.5 Å². The van der Waals surface area contributed by atoms with Crippen molar-refractivity contribution in [1.29, 1.82) is 0 Å². The minimum absolute atomic E-state index is 0.146. The van der Waals surface area contributed by atoms with Crippen LogP contribution in [-0.4, -0.2) is 26.0 Å². The lowest BCUT2D eigenvalue weighted by Gasteiger charge is -2.03. The summed E-state index contributed by atoms with van der Waals surface area (Å²) in [5.74, 6) is 3.00. The lowest BCUT2D eigenvalue weighted by molar-refractivity contribution is 0.300. The fourth-order valence-corrected chi connectivity index (χ4v) is 1.82. The molecule has 0 fully saturated rings. The second-order valence-electron chi connectivity index (χ2n) is 4.88. The maximum Gasteiger partial charge on any atom is 0.129 e. The van der Waals surface area contributed by atoms with Crippen LogP contribution >= 0.6 is 0 Å². The molecule has 0 saturated carbocycles. The SMILES string of the molecule is C[Si](C)(C)C#C/C=N/c1ccccc1CCO. The van der Waals surface area contributed by atoms with E-state index in [1.807, 2.05) is 24.3 Å². The fraction of sp³-hybridized carbons (Fsp3) is 0.357. The molecule has 0 radical (unpaired) electrons. The average Bonchev–Trinajstić information content (AvgIpc) is 2.25. The Balaban J connectivity index is 2.80. The van der Waals surface area contributed by atoms with Crippen molar-refractivity contribution in [3.05, 3.63) is 29.8 Å². The van der Waals surface area contributed by atoms with Gasteiger partial charge in [0, 0.05) is 6.61 Å². The maximum atomic E-state index is 8.95. The zero-order valence-electron chi connectivity index (χ0n) is 10.7. The lowest BCUT2D eigenvalue weighted by atomic mass is 10.1. The van der Waals surface area contributed by atoms with E-state index in [9.17, 15) is 0 Å². The van der Waals surface area contributed by atoms with Crippen molar-refractivity contribution in [2.45, 2.75) is 26.1 Å². The molecule has 0 aliphatic carbocycles. The molecule has 2 nitrogen and oxygen atoms in total. The molecular weight excluding hydrogens is 226 g/mol. The number of rotatable bonds is 3. The highest BCUT2D eigenvalue weighted by molar-refractivity contribution is 6.84. The second kappa shape index (κ2) is 6.38. The molecule has 0 amide bonds.